The van der Waals surface area contributed by atoms with E-state index in [0.29, 0.717) is 0 Å². The molecule has 2 aromatic heterocycles. The molecule has 1 fully saturated rings. The number of aliphatic hydroxyl groups excluding tert-OH is 1. The lowest BCUT2D eigenvalue weighted by atomic mass is 9.97. The van der Waals surface area contributed by atoms with Crippen LogP contribution in [0.1, 0.15) is 8.97 Å². The summed E-state index contributed by atoms with van der Waals surface area (Å²) in [6.07, 6.45) is 1.97. The topological polar surface area (TPSA) is 119 Å². The molecular formula is C12H12FN5O3. The highest BCUT2D eigenvalue weighted by Gasteiger charge is 2.57. The molecule has 4 N–H and O–H groups in total. The molecule has 3 rings (SSSR count). The van der Waals surface area contributed by atoms with Crippen molar-refractivity contribution in [3.63, 3.8) is 0 Å². The molecule has 110 valence electrons. The fourth-order valence-corrected chi connectivity index (χ4v) is 2.22. The van der Waals surface area contributed by atoms with Gasteiger partial charge in [0.1, 0.15) is 17.7 Å². The predicted molar refractivity (Wildman–Crippen MR) is 69.4 cm³/mol. The molecule has 0 aliphatic carbocycles. The number of ether oxygens (including phenoxy) is 1. The van der Waals surface area contributed by atoms with Crippen molar-refractivity contribution in [1.29, 1.82) is 0 Å². The second-order valence-electron chi connectivity index (χ2n) is 4.48. The minimum atomic E-state index is -3.01. The summed E-state index contributed by atoms with van der Waals surface area (Å²) in [7, 11) is 0. The van der Waals surface area contributed by atoms with Crippen molar-refractivity contribution in [2.75, 3.05) is 12.3 Å². The Morgan fingerprint density at radius 3 is 3.10 bits per heavy atom. The van der Waals surface area contributed by atoms with Crippen molar-refractivity contribution >= 4 is 17.1 Å². The number of alkyl halides is 1. The van der Waals surface area contributed by atoms with Crippen LogP contribution in [0.15, 0.2) is 12.5 Å². The molecule has 9 heteroatoms. The van der Waals surface area contributed by atoms with Crippen LogP contribution in [-0.4, -0.2) is 54.2 Å². The number of nitrogen functional groups attached to an aromatic ring is 1. The Kier molecular flexibility index (Phi) is 2.51. The summed E-state index contributed by atoms with van der Waals surface area (Å²) in [6, 6.07) is 0. The summed E-state index contributed by atoms with van der Waals surface area (Å²) in [4.78, 5) is 11.6. The summed E-state index contributed by atoms with van der Waals surface area (Å²) < 4.78 is 35.8. The van der Waals surface area contributed by atoms with Gasteiger partial charge in [-0.05, 0) is 0 Å². The Labute approximate surface area is 121 Å². The average Bonchev–Trinajstić information content (AvgIpc) is 2.99. The maximum Gasteiger partial charge on any atom is 0.243 e. The minimum Gasteiger partial charge on any atom is -0.394 e. The molecule has 4 atom stereocenters. The number of halogens is 1. The first-order valence-corrected chi connectivity index (χ1v) is 5.86. The number of fused-ring (bicyclic) bond motifs is 1. The largest absolute Gasteiger partial charge is 0.394 e. The molecule has 21 heavy (non-hydrogen) atoms. The van der Waals surface area contributed by atoms with Gasteiger partial charge in [0.25, 0.3) is 0 Å². The molecule has 0 saturated carbocycles. The van der Waals surface area contributed by atoms with Crippen LogP contribution in [0.5, 0.6) is 0 Å². The molecule has 0 spiro atoms. The summed E-state index contributed by atoms with van der Waals surface area (Å²) in [5.41, 5.74) is 3.04. The van der Waals surface area contributed by atoms with E-state index in [9.17, 15) is 10.2 Å². The standard InChI is InChI=1S/C12H12FN5O3/c1-2-12(13)8(20)7(4-19)21-10(12)18-5-16-6-3-15-11(14)17-9(6)18/h1,3,5,7-8,10,19-20H,4H2,(H2,14,15,17)/t7-,8+,10-,12?/m1/s1/i4D2. The second kappa shape index (κ2) is 4.63. The van der Waals surface area contributed by atoms with Gasteiger partial charge >= 0.3 is 0 Å². The third-order valence-corrected chi connectivity index (χ3v) is 3.29. The lowest BCUT2D eigenvalue weighted by Gasteiger charge is -2.23. The molecular weight excluding hydrogens is 281 g/mol. The van der Waals surface area contributed by atoms with Crippen LogP contribution >= 0.6 is 0 Å². The molecule has 1 saturated heterocycles. The van der Waals surface area contributed by atoms with Gasteiger partial charge in [-0.2, -0.15) is 4.98 Å². The molecule has 1 unspecified atom stereocenters. The highest BCUT2D eigenvalue weighted by atomic mass is 19.1. The van der Waals surface area contributed by atoms with Crippen LogP contribution in [0.3, 0.4) is 0 Å². The third-order valence-electron chi connectivity index (χ3n) is 3.29. The smallest absolute Gasteiger partial charge is 0.243 e. The van der Waals surface area contributed by atoms with Gasteiger partial charge in [-0.15, -0.1) is 6.42 Å². The molecule has 0 bridgehead atoms. The van der Waals surface area contributed by atoms with E-state index in [-0.39, 0.29) is 17.1 Å². The van der Waals surface area contributed by atoms with Gasteiger partial charge in [-0.25, -0.2) is 14.4 Å². The first kappa shape index (κ1) is 11.4. The average molecular weight is 295 g/mol. The quantitative estimate of drug-likeness (QED) is 0.608. The Morgan fingerprint density at radius 1 is 1.67 bits per heavy atom. The molecule has 0 amide bonds. The Balaban J connectivity index is 2.14. The van der Waals surface area contributed by atoms with E-state index in [1.165, 1.54) is 6.20 Å². The first-order valence-electron chi connectivity index (χ1n) is 6.86. The van der Waals surface area contributed by atoms with E-state index in [4.69, 9.17) is 19.6 Å². The molecule has 2 aromatic rings. The van der Waals surface area contributed by atoms with Gasteiger partial charge in [0.05, 0.1) is 21.8 Å². The van der Waals surface area contributed by atoms with Gasteiger partial charge in [-0.1, -0.05) is 5.92 Å². The summed E-state index contributed by atoms with van der Waals surface area (Å²) in [5, 5.41) is 19.4. The minimum absolute atomic E-state index is 0.0890. The summed E-state index contributed by atoms with van der Waals surface area (Å²) >= 11 is 0. The number of imidazole rings is 1. The van der Waals surface area contributed by atoms with Crippen LogP contribution in [0.25, 0.3) is 11.2 Å². The number of nitrogens with two attached hydrogens (primary N) is 1. The number of terminal acetylenes is 1. The van der Waals surface area contributed by atoms with Gasteiger partial charge in [0, 0.05) is 0 Å². The van der Waals surface area contributed by atoms with Crippen LogP contribution in [0.2, 0.25) is 0 Å². The van der Waals surface area contributed by atoms with Crippen molar-refractivity contribution < 1.29 is 22.1 Å². The number of rotatable bonds is 2. The lowest BCUT2D eigenvalue weighted by Crippen LogP contribution is -2.42. The van der Waals surface area contributed by atoms with Gasteiger partial charge in [0.2, 0.25) is 11.6 Å². The zero-order chi connectivity index (χ0) is 17.0. The van der Waals surface area contributed by atoms with E-state index >= 15 is 4.39 Å². The van der Waals surface area contributed by atoms with Crippen LogP contribution in [0, 0.1) is 12.3 Å². The monoisotopic (exact) mass is 295 g/mol. The highest BCUT2D eigenvalue weighted by molar-refractivity contribution is 5.70. The normalized spacial score (nSPS) is 34.5. The summed E-state index contributed by atoms with van der Waals surface area (Å²) in [5.74, 6) is 1.67. The molecule has 0 radical (unpaired) electrons. The fourth-order valence-electron chi connectivity index (χ4n) is 2.22. The lowest BCUT2D eigenvalue weighted by molar-refractivity contribution is -0.0504. The second-order valence-corrected chi connectivity index (χ2v) is 4.48. The Hall–Kier alpha value is -2.28. The number of aliphatic hydroxyl groups is 2. The van der Waals surface area contributed by atoms with Crippen LogP contribution in [0.4, 0.5) is 10.3 Å². The van der Waals surface area contributed by atoms with Crippen molar-refractivity contribution in [3.05, 3.63) is 12.5 Å². The van der Waals surface area contributed by atoms with E-state index in [2.05, 4.69) is 15.0 Å². The zero-order valence-electron chi connectivity index (χ0n) is 12.5. The molecule has 3 heterocycles. The fraction of sp³-hybridized carbons (Fsp3) is 0.417. The van der Waals surface area contributed by atoms with E-state index in [1.54, 1.807) is 5.92 Å². The van der Waals surface area contributed by atoms with Crippen LogP contribution in [-0.2, 0) is 4.74 Å². The Morgan fingerprint density at radius 2 is 2.43 bits per heavy atom. The van der Waals surface area contributed by atoms with Gasteiger partial charge in [0.15, 0.2) is 11.9 Å². The molecule has 1 aliphatic rings. The van der Waals surface area contributed by atoms with Crippen molar-refractivity contribution in [3.8, 4) is 12.3 Å². The first-order chi connectivity index (χ1) is 10.7. The zero-order valence-corrected chi connectivity index (χ0v) is 10.5. The van der Waals surface area contributed by atoms with Gasteiger partial charge in [-0.3, -0.25) is 4.57 Å². The van der Waals surface area contributed by atoms with Crippen LogP contribution < -0.4 is 5.73 Å². The highest BCUT2D eigenvalue weighted by Crippen LogP contribution is 2.42. The maximum atomic E-state index is 15.1. The number of aromatic nitrogens is 4. The molecule has 8 nitrogen and oxygen atoms in total. The number of nitrogens with zero attached hydrogens (tertiary/aromatic N) is 4. The van der Waals surface area contributed by atoms with Gasteiger partial charge < -0.3 is 20.7 Å². The third kappa shape index (κ3) is 1.84. The maximum absolute atomic E-state index is 15.1. The number of anilines is 1. The molecule has 0 aromatic carbocycles. The predicted octanol–water partition coefficient (Wildman–Crippen LogP) is -0.999. The number of hydrogen-bond acceptors (Lipinski definition) is 7. The summed E-state index contributed by atoms with van der Waals surface area (Å²) in [6.45, 7) is -3.01. The van der Waals surface area contributed by atoms with E-state index in [1.807, 2.05) is 0 Å². The van der Waals surface area contributed by atoms with Crippen molar-refractivity contribution in [2.45, 2.75) is 24.1 Å². The van der Waals surface area contributed by atoms with E-state index in [0.717, 1.165) is 10.9 Å². The number of hydrogen-bond donors (Lipinski definition) is 3. The van der Waals surface area contributed by atoms with Crippen molar-refractivity contribution in [1.82, 2.24) is 19.5 Å². The van der Waals surface area contributed by atoms with E-state index < -0.39 is 30.7 Å². The van der Waals surface area contributed by atoms with Crippen molar-refractivity contribution in [2.24, 2.45) is 0 Å². The SMILES string of the molecule is [2H]C([2H])(O)[C@H]1O[C@@H](n2cnc3cnc(N)nc32)C(F)(C#C)[C@H]1O. The molecule has 1 aliphatic heterocycles. The Bertz CT molecular complexity index is 804.